The minimum atomic E-state index is -3.13. The Bertz CT molecular complexity index is 75.6. The minimum Gasteiger partial charge on any atom is -1.00 e. The van der Waals surface area contributed by atoms with E-state index in [0.29, 0.717) is 0 Å². The Balaban J connectivity index is -0.00000000800. The van der Waals surface area contributed by atoms with Gasteiger partial charge in [-0.2, -0.15) is 0 Å². The molecule has 0 amide bonds. The van der Waals surface area contributed by atoms with E-state index in [1.54, 1.807) is 0 Å². The van der Waals surface area contributed by atoms with Gasteiger partial charge in [0.05, 0.1) is 0 Å². The first-order valence-electron chi connectivity index (χ1n) is 1.30. The Morgan fingerprint density at radius 2 is 0.750 bits per heavy atom. The maximum atomic E-state index is 8.74. The van der Waals surface area contributed by atoms with Crippen molar-refractivity contribution in [2.24, 2.45) is 0 Å². The molecule has 9 nitrogen and oxygen atoms in total. The summed E-state index contributed by atoms with van der Waals surface area (Å²) in [5.74, 6) is 0. The van der Waals surface area contributed by atoms with E-state index in [1.165, 1.54) is 0 Å². The van der Waals surface area contributed by atoms with Gasteiger partial charge in [0, 0.05) is 0 Å². The number of hydrogen-bond acceptors (Lipinski definition) is 2. The molecule has 74 valence electrons. The summed E-state index contributed by atoms with van der Waals surface area (Å²) in [7, 11) is -6.26. The van der Waals surface area contributed by atoms with E-state index >= 15 is 0 Å². The molecule has 10 N–H and O–H groups in total. The number of hydrogen-bond donors (Lipinski definition) is 4. The van der Waals surface area contributed by atoms with Gasteiger partial charge in [-0.25, -0.2) is 0 Å². The maximum absolute atomic E-state index is 8.74. The van der Waals surface area contributed by atoms with Gasteiger partial charge in [-0.05, 0) is 0 Å². The molecule has 0 spiro atoms. The van der Waals surface area contributed by atoms with Crippen LogP contribution >= 0.6 is 0 Å². The molecule has 0 bridgehead atoms. The fourth-order valence-electron chi connectivity index (χ4n) is 0. The summed E-state index contributed by atoms with van der Waals surface area (Å²) in [5.41, 5.74) is 0. The largest absolute Gasteiger partial charge is 1.00 e. The van der Waals surface area contributed by atoms with Crippen LogP contribution in [0.2, 0.25) is 0 Å². The molecule has 0 aromatic heterocycles. The average molecular weight is 234 g/mol. The van der Waals surface area contributed by atoms with Crippen molar-refractivity contribution in [3.05, 3.63) is 0 Å². The standard InChI is InChI=1S/Na.2H2O3Si.3H2O.H/c;2*1-4(2)3;;;;/h;2*1-2H;3*1H2;/q+1;;;;;;-1. The normalized spacial score (nSPS) is 4.00. The van der Waals surface area contributed by atoms with E-state index in [9.17, 15) is 0 Å². The molecule has 12 heteroatoms. The van der Waals surface area contributed by atoms with Crippen LogP contribution in [0.25, 0.3) is 0 Å². The molecule has 0 aromatic rings. The van der Waals surface area contributed by atoms with Gasteiger partial charge >= 0.3 is 47.9 Å². The van der Waals surface area contributed by atoms with Crippen LogP contribution < -0.4 is 29.6 Å². The van der Waals surface area contributed by atoms with E-state index in [4.69, 9.17) is 28.1 Å². The second kappa shape index (κ2) is 30.4. The van der Waals surface area contributed by atoms with Crippen molar-refractivity contribution in [3.8, 4) is 0 Å². The van der Waals surface area contributed by atoms with Crippen LogP contribution in [0.4, 0.5) is 0 Å². The molecular weight excluding hydrogens is 223 g/mol. The third kappa shape index (κ3) is 64900. The summed E-state index contributed by atoms with van der Waals surface area (Å²) in [6, 6.07) is 0. The third-order valence-corrected chi connectivity index (χ3v) is 0. The molecule has 0 fully saturated rings. The van der Waals surface area contributed by atoms with Crippen molar-refractivity contribution in [1.29, 1.82) is 0 Å². The summed E-state index contributed by atoms with van der Waals surface area (Å²) in [5, 5.41) is 0. The predicted molar refractivity (Wildman–Crippen MR) is 33.7 cm³/mol. The molecule has 0 radical (unpaired) electrons. The first-order chi connectivity index (χ1) is 3.46. The van der Waals surface area contributed by atoms with Gasteiger partial charge in [0.15, 0.2) is 0 Å². The summed E-state index contributed by atoms with van der Waals surface area (Å²) < 4.78 is 17.5. The fraction of sp³-hybridized carbons (Fsp3) is 0. The zero-order valence-corrected chi connectivity index (χ0v) is 10.1. The van der Waals surface area contributed by atoms with Crippen molar-refractivity contribution >= 4 is 18.3 Å². The van der Waals surface area contributed by atoms with Crippen LogP contribution in [0.3, 0.4) is 0 Å². The van der Waals surface area contributed by atoms with Crippen LogP contribution in [0.5, 0.6) is 0 Å². The van der Waals surface area contributed by atoms with E-state index in [1.807, 2.05) is 0 Å². The van der Waals surface area contributed by atoms with Crippen molar-refractivity contribution in [3.63, 3.8) is 0 Å². The van der Waals surface area contributed by atoms with E-state index in [0.717, 1.165) is 0 Å². The van der Waals surface area contributed by atoms with E-state index in [-0.39, 0.29) is 47.4 Å². The summed E-state index contributed by atoms with van der Waals surface area (Å²) in [4.78, 5) is 28.6. The fourth-order valence-corrected chi connectivity index (χ4v) is 0. The van der Waals surface area contributed by atoms with Crippen LogP contribution in [-0.4, -0.2) is 54.0 Å². The van der Waals surface area contributed by atoms with Gasteiger partial charge in [0.1, 0.15) is 0 Å². The van der Waals surface area contributed by atoms with Gasteiger partial charge in [0.2, 0.25) is 0 Å². The SMILES string of the molecule is O.O.O.O=[Si](O)O.O=[Si](O)O.[H-].[Na+]. The van der Waals surface area contributed by atoms with E-state index in [2.05, 4.69) is 0 Å². The van der Waals surface area contributed by atoms with Crippen LogP contribution in [-0.2, 0) is 8.92 Å². The smallest absolute Gasteiger partial charge is 1.00 e. The molecule has 0 rings (SSSR count). The third-order valence-electron chi connectivity index (χ3n) is 0. The first kappa shape index (κ1) is 40.0. The second-order valence-corrected chi connectivity index (χ2v) is 1.70. The van der Waals surface area contributed by atoms with Gasteiger partial charge in [-0.15, -0.1) is 0 Å². The molecule has 0 aliphatic carbocycles. The molecular formula is H11NaO9Si2. The van der Waals surface area contributed by atoms with E-state index < -0.39 is 18.3 Å². The van der Waals surface area contributed by atoms with Crippen molar-refractivity contribution < 1.29 is 75.5 Å². The molecule has 0 atom stereocenters. The Morgan fingerprint density at radius 1 is 0.750 bits per heavy atom. The molecule has 0 aliphatic rings. The van der Waals surface area contributed by atoms with Gasteiger partial charge < -0.3 is 37.0 Å². The molecule has 0 saturated carbocycles. The maximum Gasteiger partial charge on any atom is 1.00 e. The molecule has 0 aliphatic heterocycles. The topological polar surface area (TPSA) is 210 Å². The Hall–Kier alpha value is 0.114. The quantitative estimate of drug-likeness (QED) is 0.298. The molecule has 12 heavy (non-hydrogen) atoms. The Kier molecular flexibility index (Phi) is 101. The molecule has 0 saturated heterocycles. The van der Waals surface area contributed by atoms with Gasteiger partial charge in [0.25, 0.3) is 0 Å². The summed E-state index contributed by atoms with van der Waals surface area (Å²) in [6.45, 7) is 0. The number of rotatable bonds is 0. The zero-order valence-electron chi connectivity index (χ0n) is 7.11. The summed E-state index contributed by atoms with van der Waals surface area (Å²) >= 11 is 0. The van der Waals surface area contributed by atoms with Crippen molar-refractivity contribution in [2.75, 3.05) is 0 Å². The van der Waals surface area contributed by atoms with Gasteiger partial charge in [-0.1, -0.05) is 0 Å². The van der Waals surface area contributed by atoms with Crippen LogP contribution in [0.1, 0.15) is 1.43 Å². The molecule has 0 unspecified atom stereocenters. The van der Waals surface area contributed by atoms with Crippen molar-refractivity contribution in [2.45, 2.75) is 0 Å². The van der Waals surface area contributed by atoms with Gasteiger partial charge in [-0.3, -0.25) is 8.92 Å². The van der Waals surface area contributed by atoms with Crippen LogP contribution in [0, 0.1) is 0 Å². The zero-order chi connectivity index (χ0) is 7.15. The average Bonchev–Trinajstić information content (AvgIpc) is 1.25. The monoisotopic (exact) mass is 234 g/mol. The second-order valence-electron chi connectivity index (χ2n) is 0.565. The Morgan fingerprint density at radius 3 is 0.750 bits per heavy atom. The minimum absolute atomic E-state index is 0. The molecule has 0 heterocycles. The molecule has 0 aromatic carbocycles. The first-order valence-corrected chi connectivity index (χ1v) is 3.91. The summed E-state index contributed by atoms with van der Waals surface area (Å²) in [6.07, 6.45) is 0. The van der Waals surface area contributed by atoms with Crippen molar-refractivity contribution in [1.82, 2.24) is 0 Å². The predicted octanol–water partition coefficient (Wildman–Crippen LogP) is -8.58. The van der Waals surface area contributed by atoms with Crippen LogP contribution in [0.15, 0.2) is 0 Å². The Labute approximate surface area is 93.8 Å².